The molecular weight excluding hydrogens is 917 g/mol. The first-order valence-electron chi connectivity index (χ1n) is 25.7. The molecular formula is C50H88N10O11. The van der Waals surface area contributed by atoms with E-state index in [0.717, 1.165) is 0 Å². The molecule has 0 unspecified atom stereocenters. The van der Waals surface area contributed by atoms with E-state index in [0.29, 0.717) is 32.1 Å². The maximum atomic E-state index is 14.3. The smallest absolute Gasteiger partial charge is 0.326 e. The second-order valence-electron chi connectivity index (χ2n) is 21.9. The van der Waals surface area contributed by atoms with E-state index >= 15 is 0 Å². The van der Waals surface area contributed by atoms with Gasteiger partial charge in [-0.05, 0) is 101 Å². The van der Waals surface area contributed by atoms with Crippen molar-refractivity contribution >= 4 is 59.1 Å². The molecule has 2 aliphatic rings. The van der Waals surface area contributed by atoms with Crippen LogP contribution in [0.3, 0.4) is 0 Å². The molecule has 0 aromatic rings. The highest BCUT2D eigenvalue weighted by Crippen LogP contribution is 2.23. The van der Waals surface area contributed by atoms with Crippen molar-refractivity contribution in [2.75, 3.05) is 13.1 Å². The van der Waals surface area contributed by atoms with Crippen molar-refractivity contribution in [3.63, 3.8) is 0 Å². The van der Waals surface area contributed by atoms with Crippen molar-refractivity contribution in [2.45, 2.75) is 209 Å². The van der Waals surface area contributed by atoms with Gasteiger partial charge in [0.25, 0.3) is 0 Å². The van der Waals surface area contributed by atoms with E-state index in [1.54, 1.807) is 27.7 Å². The summed E-state index contributed by atoms with van der Waals surface area (Å²) < 4.78 is 0. The fraction of sp³-hybridized carbons (Fsp3) is 0.800. The third-order valence-electron chi connectivity index (χ3n) is 12.8. The molecule has 2 saturated heterocycles. The Bertz CT molecular complexity index is 1870. The number of nitrogens with two attached hydrogens (primary N) is 1. The van der Waals surface area contributed by atoms with Gasteiger partial charge < -0.3 is 57.9 Å². The number of likely N-dealkylation sites (tertiary alicyclic amines) is 2. The standard InChI is InChI=1S/C50H88N10O11/c1-25(2)21-33(42(62)52-31(13)41(61)53-32(14)48(68)60-20-16-18-38(60)50(70)71)54-43(63)35(23-27(5)6)56-47(67)40(30(11)12)58-45(65)37-17-15-19-59(37)49(69)36(24-28(7)8)57-44(64)34(22-26(3)4)55-46(66)39(51)29(9)10/h25-40H,15-24,51H2,1-14H3,(H,52,62)(H,53,61)(H,54,63)(H,55,66)(H,56,67)(H,57,64)(H,58,65)(H,70,71)/t31-,32-,33-,34-,35-,36-,37-,38-,39-,40-/m0/s1. The van der Waals surface area contributed by atoms with Crippen molar-refractivity contribution in [2.24, 2.45) is 41.2 Å². The highest BCUT2D eigenvalue weighted by Gasteiger charge is 2.42. The molecule has 10 N–H and O–H groups in total. The number of rotatable bonds is 27. The van der Waals surface area contributed by atoms with Gasteiger partial charge in [-0.15, -0.1) is 0 Å². The van der Waals surface area contributed by atoms with E-state index in [2.05, 4.69) is 37.2 Å². The van der Waals surface area contributed by atoms with Gasteiger partial charge in [-0.3, -0.25) is 43.2 Å². The van der Waals surface area contributed by atoms with E-state index in [9.17, 15) is 53.1 Å². The van der Waals surface area contributed by atoms with Gasteiger partial charge >= 0.3 is 5.97 Å². The number of aliphatic carboxylic acids is 1. The van der Waals surface area contributed by atoms with Crippen LogP contribution in [0.2, 0.25) is 0 Å². The van der Waals surface area contributed by atoms with Crippen LogP contribution in [0.15, 0.2) is 0 Å². The first-order chi connectivity index (χ1) is 33.0. The van der Waals surface area contributed by atoms with Crippen LogP contribution in [0.25, 0.3) is 0 Å². The molecule has 71 heavy (non-hydrogen) atoms. The van der Waals surface area contributed by atoms with Crippen LogP contribution in [-0.4, -0.2) is 148 Å². The molecule has 0 aromatic heterocycles. The Morgan fingerprint density at radius 3 is 1.27 bits per heavy atom. The first kappa shape index (κ1) is 61.8. The normalized spacial score (nSPS) is 19.4. The molecule has 9 amide bonds. The predicted octanol–water partition coefficient (Wildman–Crippen LogP) is 1.31. The molecule has 0 saturated carbocycles. The fourth-order valence-corrected chi connectivity index (χ4v) is 8.78. The maximum absolute atomic E-state index is 14.3. The van der Waals surface area contributed by atoms with Gasteiger partial charge in [0, 0.05) is 13.1 Å². The number of hydrogen-bond acceptors (Lipinski definition) is 11. The minimum atomic E-state index is -1.15. The summed E-state index contributed by atoms with van der Waals surface area (Å²) in [7, 11) is 0. The second kappa shape index (κ2) is 28.6. The van der Waals surface area contributed by atoms with Crippen LogP contribution >= 0.6 is 0 Å². The number of carbonyl (C=O) groups excluding carboxylic acids is 9. The van der Waals surface area contributed by atoms with Gasteiger partial charge in [0.2, 0.25) is 53.2 Å². The summed E-state index contributed by atoms with van der Waals surface area (Å²) >= 11 is 0. The highest BCUT2D eigenvalue weighted by atomic mass is 16.4. The molecule has 21 heteroatoms. The Hall–Kier alpha value is -5.34. The number of amides is 9. The highest BCUT2D eigenvalue weighted by molar-refractivity contribution is 5.98. The van der Waals surface area contributed by atoms with E-state index in [-0.39, 0.29) is 61.9 Å². The van der Waals surface area contributed by atoms with Gasteiger partial charge in [-0.25, -0.2) is 4.79 Å². The molecule has 0 aromatic carbocycles. The molecule has 2 fully saturated rings. The molecule has 2 aliphatic heterocycles. The summed E-state index contributed by atoms with van der Waals surface area (Å²) in [5, 5.41) is 28.7. The lowest BCUT2D eigenvalue weighted by Gasteiger charge is -2.32. The Balaban J connectivity index is 2.24. The zero-order chi connectivity index (χ0) is 54.2. The maximum Gasteiger partial charge on any atom is 0.326 e. The van der Waals surface area contributed by atoms with Gasteiger partial charge in [-0.2, -0.15) is 0 Å². The average Bonchev–Trinajstić information content (AvgIpc) is 3.97. The quantitative estimate of drug-likeness (QED) is 0.0563. The van der Waals surface area contributed by atoms with Crippen molar-refractivity contribution in [3.05, 3.63) is 0 Å². The summed E-state index contributed by atoms with van der Waals surface area (Å²) in [4.78, 5) is 138. The third kappa shape index (κ3) is 19.3. The van der Waals surface area contributed by atoms with Crippen LogP contribution in [0.4, 0.5) is 0 Å². The number of carboxylic acid groups (broad SMARTS) is 1. The SMILES string of the molecule is CC(C)C[C@H](NC(=O)[C@H](CC(C)C)NC(=O)[C@@H](NC(=O)[C@@H]1CCCN1C(=O)[C@H](CC(C)C)NC(=O)[C@H](CC(C)C)NC(=O)[C@@H](N)C(C)C)C(C)C)C(=O)N[C@@H](C)C(=O)N[C@@H](C)C(=O)N1CCC[C@H]1C(=O)O. The van der Waals surface area contributed by atoms with Crippen LogP contribution in [0.5, 0.6) is 0 Å². The molecule has 21 nitrogen and oxygen atoms in total. The molecule has 0 spiro atoms. The number of hydrogen-bond donors (Lipinski definition) is 9. The van der Waals surface area contributed by atoms with Crippen LogP contribution in [-0.2, 0) is 47.9 Å². The monoisotopic (exact) mass is 1000 g/mol. The minimum absolute atomic E-state index is 0.0203. The van der Waals surface area contributed by atoms with Crippen LogP contribution < -0.4 is 43.0 Å². The van der Waals surface area contributed by atoms with Crippen molar-refractivity contribution in [1.82, 2.24) is 47.0 Å². The molecule has 404 valence electrons. The lowest BCUT2D eigenvalue weighted by molar-refractivity contribution is -0.149. The second-order valence-corrected chi connectivity index (χ2v) is 21.9. The predicted molar refractivity (Wildman–Crippen MR) is 267 cm³/mol. The first-order valence-corrected chi connectivity index (χ1v) is 25.7. The summed E-state index contributed by atoms with van der Waals surface area (Å²) in [5.74, 6) is -7.32. The van der Waals surface area contributed by atoms with Gasteiger partial charge in [0.05, 0.1) is 6.04 Å². The number of nitrogens with one attached hydrogen (secondary N) is 7. The summed E-state index contributed by atoms with van der Waals surface area (Å²) in [6, 6.07) is -10.4. The Morgan fingerprint density at radius 2 is 0.831 bits per heavy atom. The minimum Gasteiger partial charge on any atom is -0.480 e. The Labute approximate surface area is 421 Å². The van der Waals surface area contributed by atoms with Crippen molar-refractivity contribution in [3.8, 4) is 0 Å². The van der Waals surface area contributed by atoms with Crippen LogP contribution in [0, 0.1) is 35.5 Å². The number of carbonyl (C=O) groups is 10. The molecule has 2 rings (SSSR count). The summed E-state index contributed by atoms with van der Waals surface area (Å²) in [6.07, 6.45) is 2.50. The lowest BCUT2D eigenvalue weighted by atomic mass is 9.98. The van der Waals surface area contributed by atoms with Gasteiger partial charge in [-0.1, -0.05) is 83.1 Å². The molecule has 10 atom stereocenters. The summed E-state index contributed by atoms with van der Waals surface area (Å²) in [6.45, 7) is 25.4. The van der Waals surface area contributed by atoms with E-state index < -0.39 is 125 Å². The number of nitrogens with zero attached hydrogens (tertiary/aromatic N) is 2. The van der Waals surface area contributed by atoms with Gasteiger partial charge in [0.15, 0.2) is 0 Å². The fourth-order valence-electron chi connectivity index (χ4n) is 8.78. The molecule has 2 heterocycles. The van der Waals surface area contributed by atoms with E-state index in [4.69, 9.17) is 5.73 Å². The van der Waals surface area contributed by atoms with E-state index in [1.807, 2.05) is 55.4 Å². The average molecular weight is 1010 g/mol. The van der Waals surface area contributed by atoms with Gasteiger partial charge in [0.1, 0.15) is 54.4 Å². The lowest BCUT2D eigenvalue weighted by Crippen LogP contribution is -2.61. The molecule has 0 radical (unpaired) electrons. The zero-order valence-corrected chi connectivity index (χ0v) is 44.8. The Kier molecular flexibility index (Phi) is 24.9. The largest absolute Gasteiger partial charge is 0.480 e. The van der Waals surface area contributed by atoms with Crippen LogP contribution in [0.1, 0.15) is 148 Å². The summed E-state index contributed by atoms with van der Waals surface area (Å²) in [5.41, 5.74) is 6.08. The zero-order valence-electron chi connectivity index (χ0n) is 44.8. The van der Waals surface area contributed by atoms with Crippen molar-refractivity contribution < 1.29 is 53.1 Å². The number of carboxylic acids is 1. The van der Waals surface area contributed by atoms with Crippen molar-refractivity contribution in [1.29, 1.82) is 0 Å². The molecule has 0 aliphatic carbocycles. The molecule has 0 bridgehead atoms. The topological polar surface area (TPSA) is 308 Å². The third-order valence-corrected chi connectivity index (χ3v) is 12.8. The Morgan fingerprint density at radius 1 is 0.451 bits per heavy atom. The van der Waals surface area contributed by atoms with E-state index in [1.165, 1.54) is 23.6 Å².